The minimum Gasteiger partial charge on any atom is -0.493 e. The van der Waals surface area contributed by atoms with E-state index in [0.717, 1.165) is 50.2 Å². The van der Waals surface area contributed by atoms with Crippen molar-refractivity contribution in [3.63, 3.8) is 0 Å². The highest BCUT2D eigenvalue weighted by Crippen LogP contribution is 2.37. The fourth-order valence-corrected chi connectivity index (χ4v) is 8.51. The molecule has 14 nitrogen and oxygen atoms in total. The molecular formula is C41H41N7O7S. The summed E-state index contributed by atoms with van der Waals surface area (Å²) >= 11 is 1.63. The smallest absolute Gasteiger partial charge is 0.305 e. The third kappa shape index (κ3) is 7.95. The van der Waals surface area contributed by atoms with E-state index < -0.39 is 12.3 Å². The summed E-state index contributed by atoms with van der Waals surface area (Å²) < 4.78 is 21.3. The van der Waals surface area contributed by atoms with Crippen LogP contribution in [0.5, 0.6) is 5.75 Å². The van der Waals surface area contributed by atoms with Crippen LogP contribution in [0, 0.1) is 18.8 Å². The summed E-state index contributed by atoms with van der Waals surface area (Å²) in [5, 5.41) is 26.3. The Morgan fingerprint density at radius 3 is 2.77 bits per heavy atom. The first-order valence-electron chi connectivity index (χ1n) is 18.7. The standard InChI is InChI=1S/C41H41N7O7S/c1-26-44-45-36-25-53-24-32-30(20-27-8-3-2-4-9-27)35(56-41(32)48(26)36)15-13-28-21-42-46(22-28)17-6-12-38(50)55-19-7-18-54-34-11-5-10-29-31(34)23-47(40(29)52)33-14-16-37(49)43-39(33)51/h2-5,8-11,21-22,33,37,49H,6-7,12,14,16-20,23-25H2,1H3,(H,43,51). The van der Waals surface area contributed by atoms with Crippen LogP contribution in [0.4, 0.5) is 0 Å². The molecule has 3 aliphatic heterocycles. The normalized spacial score (nSPS) is 17.3. The van der Waals surface area contributed by atoms with Crippen molar-refractivity contribution in [1.29, 1.82) is 0 Å². The summed E-state index contributed by atoms with van der Waals surface area (Å²) in [6.07, 6.45) is 5.52. The molecule has 5 aromatic rings. The van der Waals surface area contributed by atoms with Crippen molar-refractivity contribution in [2.24, 2.45) is 0 Å². The predicted octanol–water partition coefficient (Wildman–Crippen LogP) is 4.20. The van der Waals surface area contributed by atoms with Gasteiger partial charge in [0.15, 0.2) is 5.82 Å². The number of benzene rings is 2. The Hall–Kier alpha value is -5.82. The number of carbonyl (C=O) groups excluding carboxylic acids is 3. The van der Waals surface area contributed by atoms with Crippen LogP contribution in [0.25, 0.3) is 5.00 Å². The zero-order valence-corrected chi connectivity index (χ0v) is 31.7. The van der Waals surface area contributed by atoms with Crippen molar-refractivity contribution >= 4 is 29.1 Å². The Bertz CT molecular complexity index is 2320. The van der Waals surface area contributed by atoms with E-state index in [1.54, 1.807) is 40.4 Å². The molecule has 56 heavy (non-hydrogen) atoms. The molecule has 3 aromatic heterocycles. The maximum Gasteiger partial charge on any atom is 0.305 e. The zero-order valence-electron chi connectivity index (χ0n) is 30.9. The highest BCUT2D eigenvalue weighted by molar-refractivity contribution is 7.15. The van der Waals surface area contributed by atoms with Crippen molar-refractivity contribution in [3.05, 3.63) is 111 Å². The fourth-order valence-electron chi connectivity index (χ4n) is 7.27. The van der Waals surface area contributed by atoms with E-state index in [-0.39, 0.29) is 37.4 Å². The number of esters is 1. The lowest BCUT2D eigenvalue weighted by Gasteiger charge is -2.32. The van der Waals surface area contributed by atoms with Crippen LogP contribution in [-0.2, 0) is 51.8 Å². The van der Waals surface area contributed by atoms with Gasteiger partial charge in [-0.1, -0.05) is 48.2 Å². The van der Waals surface area contributed by atoms with Crippen LogP contribution < -0.4 is 10.1 Å². The Labute approximate surface area is 327 Å². The minimum atomic E-state index is -0.886. The molecule has 2 aromatic carbocycles. The molecule has 0 spiro atoms. The van der Waals surface area contributed by atoms with Crippen molar-refractivity contribution in [1.82, 2.24) is 34.8 Å². The molecule has 0 bridgehead atoms. The highest BCUT2D eigenvalue weighted by Gasteiger charge is 2.40. The van der Waals surface area contributed by atoms with Crippen LogP contribution in [0.15, 0.2) is 60.9 Å². The second-order valence-electron chi connectivity index (χ2n) is 13.9. The maximum absolute atomic E-state index is 13.1. The molecule has 0 saturated carbocycles. The predicted molar refractivity (Wildman–Crippen MR) is 204 cm³/mol. The van der Waals surface area contributed by atoms with E-state index >= 15 is 0 Å². The summed E-state index contributed by atoms with van der Waals surface area (Å²) in [6, 6.07) is 15.0. The zero-order chi connectivity index (χ0) is 38.6. The number of aryl methyl sites for hydroxylation is 2. The number of piperidine rings is 1. The molecule has 2 unspecified atom stereocenters. The third-order valence-electron chi connectivity index (χ3n) is 10.1. The molecule has 15 heteroatoms. The van der Waals surface area contributed by atoms with Gasteiger partial charge in [0.25, 0.3) is 5.91 Å². The van der Waals surface area contributed by atoms with Gasteiger partial charge in [-0.3, -0.25) is 23.6 Å². The summed E-state index contributed by atoms with van der Waals surface area (Å²) in [5.41, 5.74) is 5.46. The van der Waals surface area contributed by atoms with Gasteiger partial charge in [0, 0.05) is 42.3 Å². The first-order chi connectivity index (χ1) is 27.3. The number of aromatic nitrogens is 5. The number of ether oxygens (including phenoxy) is 3. The molecule has 6 heterocycles. The summed E-state index contributed by atoms with van der Waals surface area (Å²) in [5.74, 6) is 7.99. The minimum absolute atomic E-state index is 0.202. The number of hydrogen-bond acceptors (Lipinski definition) is 11. The Kier molecular flexibility index (Phi) is 10.9. The van der Waals surface area contributed by atoms with E-state index in [2.05, 4.69) is 49.2 Å². The number of fused-ring (bicyclic) bond motifs is 4. The van der Waals surface area contributed by atoms with Gasteiger partial charge in [-0.15, -0.1) is 21.5 Å². The number of nitrogens with zero attached hydrogens (tertiary/aromatic N) is 6. The maximum atomic E-state index is 13.1. The molecule has 1 saturated heterocycles. The highest BCUT2D eigenvalue weighted by atomic mass is 32.1. The average Bonchev–Trinajstić information content (AvgIpc) is 3.94. The number of aliphatic hydroxyl groups is 1. The fraction of sp³-hybridized carbons (Fsp3) is 0.366. The van der Waals surface area contributed by atoms with Crippen LogP contribution in [0.1, 0.15) is 86.8 Å². The molecular weight excluding hydrogens is 735 g/mol. The van der Waals surface area contributed by atoms with E-state index in [4.69, 9.17) is 14.2 Å². The van der Waals surface area contributed by atoms with Gasteiger partial charge in [0.1, 0.15) is 35.5 Å². The largest absolute Gasteiger partial charge is 0.493 e. The van der Waals surface area contributed by atoms with Crippen LogP contribution >= 0.6 is 11.3 Å². The van der Waals surface area contributed by atoms with Crippen molar-refractivity contribution in [3.8, 4) is 22.6 Å². The summed E-state index contributed by atoms with van der Waals surface area (Å²) in [6.45, 7) is 4.12. The topological polar surface area (TPSA) is 163 Å². The van der Waals surface area contributed by atoms with Gasteiger partial charge < -0.3 is 29.5 Å². The monoisotopic (exact) mass is 775 g/mol. The quantitative estimate of drug-likeness (QED) is 0.107. The van der Waals surface area contributed by atoms with Crippen molar-refractivity contribution in [2.75, 3.05) is 13.2 Å². The van der Waals surface area contributed by atoms with Gasteiger partial charge in [-0.2, -0.15) is 5.10 Å². The second-order valence-corrected chi connectivity index (χ2v) is 14.9. The molecule has 0 radical (unpaired) electrons. The van der Waals surface area contributed by atoms with Crippen LogP contribution in [-0.4, -0.2) is 77.8 Å². The van der Waals surface area contributed by atoms with E-state index in [9.17, 15) is 19.5 Å². The number of amides is 2. The first-order valence-corrected chi connectivity index (χ1v) is 19.6. The number of aliphatic hydroxyl groups excluding tert-OH is 1. The van der Waals surface area contributed by atoms with Gasteiger partial charge in [0.2, 0.25) is 5.91 Å². The van der Waals surface area contributed by atoms with E-state index in [1.165, 1.54) is 10.5 Å². The van der Waals surface area contributed by atoms with E-state index in [0.29, 0.717) is 63.4 Å². The number of hydrogen-bond donors (Lipinski definition) is 2. The van der Waals surface area contributed by atoms with Crippen LogP contribution in [0.3, 0.4) is 0 Å². The molecule has 8 rings (SSSR count). The Balaban J connectivity index is 0.811. The first kappa shape index (κ1) is 37.1. The Morgan fingerprint density at radius 2 is 1.91 bits per heavy atom. The molecule has 3 aliphatic rings. The summed E-state index contributed by atoms with van der Waals surface area (Å²) in [7, 11) is 0. The van der Waals surface area contributed by atoms with E-state index in [1.807, 2.05) is 31.3 Å². The molecule has 2 N–H and O–H groups in total. The number of rotatable bonds is 12. The SMILES string of the molecule is Cc1nnc2n1-c1sc(C#Cc3cnn(CCCC(=O)OCCCOc4cccc5c4CN(C4CCC(O)NC4=O)C5=O)c3)c(Cc3ccccc3)c1COC2. The number of nitrogens with one attached hydrogen (secondary N) is 1. The van der Waals surface area contributed by atoms with Gasteiger partial charge in [-0.25, -0.2) is 0 Å². The lowest BCUT2D eigenvalue weighted by molar-refractivity contribution is -0.144. The molecule has 288 valence electrons. The third-order valence-corrected chi connectivity index (χ3v) is 11.3. The lowest BCUT2D eigenvalue weighted by Crippen LogP contribution is -2.54. The Morgan fingerprint density at radius 1 is 1.04 bits per heavy atom. The van der Waals surface area contributed by atoms with Crippen molar-refractivity contribution in [2.45, 2.75) is 84.0 Å². The lowest BCUT2D eigenvalue weighted by atomic mass is 10.0. The average molecular weight is 776 g/mol. The second kappa shape index (κ2) is 16.5. The molecule has 1 fully saturated rings. The van der Waals surface area contributed by atoms with Crippen molar-refractivity contribution < 1.29 is 33.7 Å². The number of thiophene rings is 1. The van der Waals surface area contributed by atoms with Gasteiger partial charge in [0.05, 0.1) is 43.0 Å². The number of carbonyl (C=O) groups is 3. The van der Waals surface area contributed by atoms with Crippen LogP contribution in [0.2, 0.25) is 0 Å². The molecule has 0 aliphatic carbocycles. The molecule has 2 atom stereocenters. The molecule has 2 amide bonds. The summed E-state index contributed by atoms with van der Waals surface area (Å²) in [4.78, 5) is 40.5. The van der Waals surface area contributed by atoms with Gasteiger partial charge >= 0.3 is 5.97 Å². The van der Waals surface area contributed by atoms with Gasteiger partial charge in [-0.05, 0) is 55.9 Å².